The Morgan fingerprint density at radius 2 is 1.88 bits per heavy atom. The topological polar surface area (TPSA) is 55.4 Å². The summed E-state index contributed by atoms with van der Waals surface area (Å²) in [4.78, 5) is 0.400. The Kier molecular flexibility index (Phi) is 6.18. The van der Waals surface area contributed by atoms with E-state index in [9.17, 15) is 8.42 Å². The molecule has 0 aliphatic rings. The zero-order chi connectivity index (χ0) is 12.6. The Morgan fingerprint density at radius 1 is 1.18 bits per heavy atom. The summed E-state index contributed by atoms with van der Waals surface area (Å²) >= 11 is 0. The van der Waals surface area contributed by atoms with E-state index in [2.05, 4.69) is 5.32 Å². The van der Waals surface area contributed by atoms with Crippen molar-refractivity contribution in [2.24, 2.45) is 0 Å². The Labute approximate surface area is 103 Å². The third-order valence-electron chi connectivity index (χ3n) is 2.35. The molecule has 0 spiro atoms. The zero-order valence-corrected chi connectivity index (χ0v) is 10.9. The Hall–Kier alpha value is -0.910. The van der Waals surface area contributed by atoms with Crippen molar-refractivity contribution in [3.8, 4) is 0 Å². The molecule has 0 aliphatic heterocycles. The number of hydrogen-bond donors (Lipinski definition) is 1. The molecule has 0 radical (unpaired) electrons. The molecule has 0 fully saturated rings. The minimum atomic E-state index is -3.12. The van der Waals surface area contributed by atoms with E-state index in [1.54, 1.807) is 31.4 Å². The van der Waals surface area contributed by atoms with Crippen LogP contribution in [0.2, 0.25) is 0 Å². The van der Waals surface area contributed by atoms with E-state index in [0.29, 0.717) is 24.5 Å². The summed E-state index contributed by atoms with van der Waals surface area (Å²) < 4.78 is 28.6. The van der Waals surface area contributed by atoms with Gasteiger partial charge in [-0.25, -0.2) is 8.42 Å². The molecule has 0 atom stereocenters. The normalized spacial score (nSPS) is 11.6. The van der Waals surface area contributed by atoms with Crippen LogP contribution in [0.1, 0.15) is 6.42 Å². The molecule has 96 valence electrons. The zero-order valence-electron chi connectivity index (χ0n) is 10.1. The molecular weight excluding hydrogens is 238 g/mol. The number of benzene rings is 1. The summed E-state index contributed by atoms with van der Waals surface area (Å²) in [6.07, 6.45) is 0.612. The number of sulfone groups is 1. The number of ether oxygens (including phenoxy) is 1. The fourth-order valence-electron chi connectivity index (χ4n) is 1.43. The van der Waals surface area contributed by atoms with Crippen molar-refractivity contribution in [2.75, 3.05) is 32.6 Å². The SMILES string of the molecule is COCCNCCCS(=O)(=O)c1ccccc1. The first-order chi connectivity index (χ1) is 8.17. The van der Waals surface area contributed by atoms with Gasteiger partial charge in [-0.05, 0) is 25.1 Å². The molecule has 4 nitrogen and oxygen atoms in total. The number of nitrogens with one attached hydrogen (secondary N) is 1. The van der Waals surface area contributed by atoms with Gasteiger partial charge in [0.25, 0.3) is 0 Å². The molecule has 0 saturated carbocycles. The number of hydrogen-bond acceptors (Lipinski definition) is 4. The number of rotatable bonds is 8. The molecule has 0 bridgehead atoms. The van der Waals surface area contributed by atoms with E-state index in [-0.39, 0.29) is 5.75 Å². The monoisotopic (exact) mass is 257 g/mol. The highest BCUT2D eigenvalue weighted by molar-refractivity contribution is 7.91. The van der Waals surface area contributed by atoms with E-state index in [1.165, 1.54) is 0 Å². The van der Waals surface area contributed by atoms with Crippen LogP contribution in [0.5, 0.6) is 0 Å². The van der Waals surface area contributed by atoms with Crippen LogP contribution in [0.15, 0.2) is 35.2 Å². The highest BCUT2D eigenvalue weighted by Crippen LogP contribution is 2.10. The molecule has 0 unspecified atom stereocenters. The minimum Gasteiger partial charge on any atom is -0.383 e. The van der Waals surface area contributed by atoms with Crippen LogP contribution < -0.4 is 5.32 Å². The molecule has 1 N–H and O–H groups in total. The summed E-state index contributed by atoms with van der Waals surface area (Å²) in [6.45, 7) is 2.09. The summed E-state index contributed by atoms with van der Waals surface area (Å²) in [7, 11) is -1.48. The lowest BCUT2D eigenvalue weighted by molar-refractivity contribution is 0.199. The quantitative estimate of drug-likeness (QED) is 0.708. The second-order valence-electron chi connectivity index (χ2n) is 3.73. The van der Waals surface area contributed by atoms with Gasteiger partial charge in [-0.2, -0.15) is 0 Å². The fourth-order valence-corrected chi connectivity index (χ4v) is 2.76. The lowest BCUT2D eigenvalue weighted by Gasteiger charge is -2.05. The van der Waals surface area contributed by atoms with Crippen molar-refractivity contribution in [3.05, 3.63) is 30.3 Å². The first kappa shape index (κ1) is 14.2. The van der Waals surface area contributed by atoms with Gasteiger partial charge in [-0.15, -0.1) is 0 Å². The van der Waals surface area contributed by atoms with E-state index in [1.807, 2.05) is 6.07 Å². The van der Waals surface area contributed by atoms with Crippen molar-refractivity contribution in [1.82, 2.24) is 5.32 Å². The van der Waals surface area contributed by atoms with Gasteiger partial charge in [0.1, 0.15) is 0 Å². The first-order valence-corrected chi connectivity index (χ1v) is 7.29. The highest BCUT2D eigenvalue weighted by Gasteiger charge is 2.12. The van der Waals surface area contributed by atoms with Crippen LogP contribution in [0.3, 0.4) is 0 Å². The standard InChI is InChI=1S/C12H19NO3S/c1-16-10-9-13-8-5-11-17(14,15)12-6-3-2-4-7-12/h2-4,6-7,13H,5,8-11H2,1H3. The molecule has 1 aromatic carbocycles. The first-order valence-electron chi connectivity index (χ1n) is 5.64. The maximum absolute atomic E-state index is 11.9. The number of methoxy groups -OCH3 is 1. The molecule has 0 saturated heterocycles. The lowest BCUT2D eigenvalue weighted by Crippen LogP contribution is -2.22. The van der Waals surface area contributed by atoms with Crippen LogP contribution >= 0.6 is 0 Å². The molecule has 1 aromatic rings. The third kappa shape index (κ3) is 5.30. The van der Waals surface area contributed by atoms with Crippen molar-refractivity contribution >= 4 is 9.84 Å². The summed E-state index contributed by atoms with van der Waals surface area (Å²) in [5.41, 5.74) is 0. The lowest BCUT2D eigenvalue weighted by atomic mass is 10.4. The smallest absolute Gasteiger partial charge is 0.178 e. The molecule has 17 heavy (non-hydrogen) atoms. The van der Waals surface area contributed by atoms with Gasteiger partial charge in [0.2, 0.25) is 0 Å². The average Bonchev–Trinajstić information content (AvgIpc) is 2.35. The van der Waals surface area contributed by atoms with Gasteiger partial charge in [-0.3, -0.25) is 0 Å². The van der Waals surface area contributed by atoms with Gasteiger partial charge in [-0.1, -0.05) is 18.2 Å². The molecule has 5 heteroatoms. The Bertz CT molecular complexity index is 403. The van der Waals surface area contributed by atoms with Gasteiger partial charge in [0, 0.05) is 13.7 Å². The van der Waals surface area contributed by atoms with E-state index >= 15 is 0 Å². The van der Waals surface area contributed by atoms with Gasteiger partial charge in [0.15, 0.2) is 9.84 Å². The van der Waals surface area contributed by atoms with Crippen LogP contribution in [-0.2, 0) is 14.6 Å². The average molecular weight is 257 g/mol. The van der Waals surface area contributed by atoms with Crippen molar-refractivity contribution in [2.45, 2.75) is 11.3 Å². The molecular formula is C12H19NO3S. The third-order valence-corrected chi connectivity index (χ3v) is 4.17. The van der Waals surface area contributed by atoms with Gasteiger partial charge >= 0.3 is 0 Å². The summed E-state index contributed by atoms with van der Waals surface area (Å²) in [5.74, 6) is 0.178. The van der Waals surface area contributed by atoms with Crippen LogP contribution in [0.25, 0.3) is 0 Å². The second-order valence-corrected chi connectivity index (χ2v) is 5.84. The Morgan fingerprint density at radius 3 is 2.53 bits per heavy atom. The van der Waals surface area contributed by atoms with E-state index in [0.717, 1.165) is 6.54 Å². The van der Waals surface area contributed by atoms with E-state index < -0.39 is 9.84 Å². The fraction of sp³-hybridized carbons (Fsp3) is 0.500. The molecule has 0 heterocycles. The molecule has 0 aromatic heterocycles. The van der Waals surface area contributed by atoms with Crippen molar-refractivity contribution < 1.29 is 13.2 Å². The molecule has 0 aliphatic carbocycles. The van der Waals surface area contributed by atoms with Gasteiger partial charge in [0.05, 0.1) is 17.3 Å². The summed E-state index contributed by atoms with van der Waals surface area (Å²) in [6, 6.07) is 8.56. The molecule has 1 rings (SSSR count). The highest BCUT2D eigenvalue weighted by atomic mass is 32.2. The largest absolute Gasteiger partial charge is 0.383 e. The van der Waals surface area contributed by atoms with Crippen LogP contribution in [0, 0.1) is 0 Å². The van der Waals surface area contributed by atoms with E-state index in [4.69, 9.17) is 4.74 Å². The maximum Gasteiger partial charge on any atom is 0.178 e. The Balaban J connectivity index is 2.31. The minimum absolute atomic E-state index is 0.178. The predicted octanol–water partition coefficient (Wildman–Crippen LogP) is 1.09. The molecule has 0 amide bonds. The van der Waals surface area contributed by atoms with Crippen molar-refractivity contribution in [1.29, 1.82) is 0 Å². The van der Waals surface area contributed by atoms with Gasteiger partial charge < -0.3 is 10.1 Å². The van der Waals surface area contributed by atoms with Crippen LogP contribution in [-0.4, -0.2) is 41.0 Å². The maximum atomic E-state index is 11.9. The van der Waals surface area contributed by atoms with Crippen LogP contribution in [0.4, 0.5) is 0 Å². The summed E-state index contributed by atoms with van der Waals surface area (Å²) in [5, 5.41) is 3.12. The van der Waals surface area contributed by atoms with Crippen molar-refractivity contribution in [3.63, 3.8) is 0 Å². The predicted molar refractivity (Wildman–Crippen MR) is 67.9 cm³/mol. The second kappa shape index (κ2) is 7.42.